The average Bonchev–Trinajstić information content (AvgIpc) is 3.09. The molecule has 0 bridgehead atoms. The lowest BCUT2D eigenvalue weighted by Gasteiger charge is -2.20. The Bertz CT molecular complexity index is 822. The molecule has 1 amide bonds. The van der Waals surface area contributed by atoms with Crippen LogP contribution in [0.5, 0.6) is 5.75 Å². The third kappa shape index (κ3) is 6.04. The molecular weight excluding hydrogens is 374 g/mol. The molecule has 1 unspecified atom stereocenters. The molecule has 2 aromatic rings. The summed E-state index contributed by atoms with van der Waals surface area (Å²) in [5.74, 6) is -2.48. The van der Waals surface area contributed by atoms with Crippen LogP contribution in [0.3, 0.4) is 0 Å². The van der Waals surface area contributed by atoms with Crippen LogP contribution >= 0.6 is 0 Å². The van der Waals surface area contributed by atoms with E-state index in [1.165, 1.54) is 6.07 Å². The number of hydrogen-bond acceptors (Lipinski definition) is 6. The lowest BCUT2D eigenvalue weighted by Crippen LogP contribution is -2.40. The van der Waals surface area contributed by atoms with Gasteiger partial charge in [-0.1, -0.05) is 19.0 Å². The zero-order valence-electron chi connectivity index (χ0n) is 15.8. The third-order valence-corrected chi connectivity index (χ3v) is 3.87. The van der Waals surface area contributed by atoms with Crippen molar-refractivity contribution in [1.29, 1.82) is 0 Å². The molecule has 1 atom stereocenters. The number of carbonyl (C=O) groups is 2. The smallest absolute Gasteiger partial charge is 0.307 e. The molecular formula is C19H22F2N2O5. The van der Waals surface area contributed by atoms with Crippen molar-refractivity contribution in [2.24, 2.45) is 5.92 Å². The van der Waals surface area contributed by atoms with E-state index in [-0.39, 0.29) is 42.8 Å². The first-order valence-electron chi connectivity index (χ1n) is 8.80. The van der Waals surface area contributed by atoms with E-state index >= 15 is 0 Å². The van der Waals surface area contributed by atoms with Crippen molar-refractivity contribution in [3.8, 4) is 5.75 Å². The number of halogens is 2. The van der Waals surface area contributed by atoms with Gasteiger partial charge in [-0.15, -0.1) is 0 Å². The second kappa shape index (κ2) is 9.82. The first kappa shape index (κ1) is 21.3. The topological polar surface area (TPSA) is 90.7 Å². The van der Waals surface area contributed by atoms with Crippen LogP contribution in [0.25, 0.3) is 0 Å². The summed E-state index contributed by atoms with van der Waals surface area (Å²) in [5, 5.41) is 6.38. The lowest BCUT2D eigenvalue weighted by molar-refractivity contribution is -0.143. The summed E-state index contributed by atoms with van der Waals surface area (Å²) in [5.41, 5.74) is -0.00677. The Morgan fingerprint density at radius 3 is 2.64 bits per heavy atom. The first-order valence-corrected chi connectivity index (χ1v) is 8.80. The van der Waals surface area contributed by atoms with Gasteiger partial charge in [-0.25, -0.2) is 8.78 Å². The van der Waals surface area contributed by atoms with Crippen molar-refractivity contribution in [2.75, 3.05) is 6.61 Å². The monoisotopic (exact) mass is 396 g/mol. The maximum atomic E-state index is 13.6. The van der Waals surface area contributed by atoms with E-state index in [1.54, 1.807) is 6.92 Å². The molecule has 28 heavy (non-hydrogen) atoms. The molecule has 7 nitrogen and oxygen atoms in total. The molecule has 152 valence electrons. The number of nitrogens with one attached hydrogen (secondary N) is 1. The number of ether oxygens (including phenoxy) is 2. The number of hydrogen-bond donors (Lipinski definition) is 1. The van der Waals surface area contributed by atoms with Gasteiger partial charge in [0, 0.05) is 18.2 Å². The number of aromatic nitrogens is 1. The van der Waals surface area contributed by atoms with Crippen LogP contribution < -0.4 is 10.1 Å². The van der Waals surface area contributed by atoms with Crippen LogP contribution in [0.15, 0.2) is 28.8 Å². The number of rotatable bonds is 9. The van der Waals surface area contributed by atoms with E-state index in [2.05, 4.69) is 10.5 Å². The van der Waals surface area contributed by atoms with E-state index < -0.39 is 29.6 Å². The standard InChI is InChI=1S/C19H22F2N2O5/c1-4-26-18(24)9-15(11(2)3)22-19(25)16-8-13(28-23-16)10-27-17-6-5-12(20)7-14(17)21/h5-8,11,15H,4,9-10H2,1-3H3,(H,22,25). The van der Waals surface area contributed by atoms with Gasteiger partial charge in [0.1, 0.15) is 12.4 Å². The minimum atomic E-state index is -0.851. The van der Waals surface area contributed by atoms with Crippen LogP contribution in [0.4, 0.5) is 8.78 Å². The first-order chi connectivity index (χ1) is 13.3. The number of esters is 1. The van der Waals surface area contributed by atoms with E-state index in [0.717, 1.165) is 12.1 Å². The number of amides is 1. The van der Waals surface area contributed by atoms with Gasteiger partial charge in [0.2, 0.25) is 0 Å². The Balaban J connectivity index is 1.95. The van der Waals surface area contributed by atoms with Gasteiger partial charge in [-0.2, -0.15) is 0 Å². The van der Waals surface area contributed by atoms with Crippen LogP contribution in [0, 0.1) is 17.6 Å². The number of benzene rings is 1. The highest BCUT2D eigenvalue weighted by Gasteiger charge is 2.23. The average molecular weight is 396 g/mol. The van der Waals surface area contributed by atoms with Gasteiger partial charge in [0.05, 0.1) is 13.0 Å². The van der Waals surface area contributed by atoms with Crippen LogP contribution in [-0.2, 0) is 16.1 Å². The maximum absolute atomic E-state index is 13.6. The lowest BCUT2D eigenvalue weighted by atomic mass is 10.0. The molecule has 0 aliphatic carbocycles. The summed E-state index contributed by atoms with van der Waals surface area (Å²) in [7, 11) is 0. The summed E-state index contributed by atoms with van der Waals surface area (Å²) in [4.78, 5) is 24.0. The van der Waals surface area contributed by atoms with E-state index in [1.807, 2.05) is 13.8 Å². The van der Waals surface area contributed by atoms with Gasteiger partial charge in [0.15, 0.2) is 23.0 Å². The molecule has 2 rings (SSSR count). The molecule has 0 saturated heterocycles. The Hall–Kier alpha value is -2.97. The summed E-state index contributed by atoms with van der Waals surface area (Å²) >= 11 is 0. The van der Waals surface area contributed by atoms with Gasteiger partial charge >= 0.3 is 5.97 Å². The highest BCUT2D eigenvalue weighted by Crippen LogP contribution is 2.19. The van der Waals surface area contributed by atoms with E-state index in [4.69, 9.17) is 14.0 Å². The minimum Gasteiger partial charge on any atom is -0.482 e. The summed E-state index contributed by atoms with van der Waals surface area (Å²) in [6.45, 7) is 5.50. The molecule has 0 radical (unpaired) electrons. The molecule has 1 aromatic carbocycles. The van der Waals surface area contributed by atoms with Crippen molar-refractivity contribution < 1.29 is 32.4 Å². The van der Waals surface area contributed by atoms with E-state index in [9.17, 15) is 18.4 Å². The van der Waals surface area contributed by atoms with Gasteiger partial charge in [-0.3, -0.25) is 9.59 Å². The normalized spacial score (nSPS) is 11.9. The van der Waals surface area contributed by atoms with Crippen molar-refractivity contribution in [3.63, 3.8) is 0 Å². The quantitative estimate of drug-likeness (QED) is 0.655. The van der Waals surface area contributed by atoms with Gasteiger partial charge in [0.25, 0.3) is 5.91 Å². The zero-order chi connectivity index (χ0) is 20.7. The Morgan fingerprint density at radius 2 is 2.00 bits per heavy atom. The highest BCUT2D eigenvalue weighted by atomic mass is 19.1. The fourth-order valence-corrected chi connectivity index (χ4v) is 2.32. The molecule has 1 N–H and O–H groups in total. The Morgan fingerprint density at radius 1 is 1.25 bits per heavy atom. The Labute approximate surface area is 161 Å². The SMILES string of the molecule is CCOC(=O)CC(NC(=O)c1cc(COc2ccc(F)cc2F)on1)C(C)C. The molecule has 1 heterocycles. The molecule has 0 aliphatic heterocycles. The Kier molecular flexibility index (Phi) is 7.48. The number of carbonyl (C=O) groups excluding carboxylic acids is 2. The van der Waals surface area contributed by atoms with Gasteiger partial charge < -0.3 is 19.3 Å². The van der Waals surface area contributed by atoms with Crippen molar-refractivity contribution >= 4 is 11.9 Å². The predicted molar refractivity (Wildman–Crippen MR) is 94.5 cm³/mol. The molecule has 0 spiro atoms. The second-order valence-electron chi connectivity index (χ2n) is 6.38. The van der Waals surface area contributed by atoms with Crippen molar-refractivity contribution in [3.05, 3.63) is 47.4 Å². The summed E-state index contributed by atoms with van der Waals surface area (Å²) in [6, 6.07) is 3.82. The number of nitrogens with zero attached hydrogens (tertiary/aromatic N) is 1. The van der Waals surface area contributed by atoms with Crippen LogP contribution in [-0.4, -0.2) is 29.7 Å². The fraction of sp³-hybridized carbons (Fsp3) is 0.421. The van der Waals surface area contributed by atoms with Crippen molar-refractivity contribution in [2.45, 2.75) is 39.8 Å². The second-order valence-corrected chi connectivity index (χ2v) is 6.38. The van der Waals surface area contributed by atoms with Crippen LogP contribution in [0.1, 0.15) is 43.4 Å². The van der Waals surface area contributed by atoms with Crippen molar-refractivity contribution in [1.82, 2.24) is 10.5 Å². The predicted octanol–water partition coefficient (Wildman–Crippen LogP) is 3.24. The third-order valence-electron chi connectivity index (χ3n) is 3.87. The van der Waals surface area contributed by atoms with Crippen LogP contribution in [0.2, 0.25) is 0 Å². The molecule has 1 aromatic heterocycles. The summed E-state index contributed by atoms with van der Waals surface area (Å²) < 4.78 is 41.6. The van der Waals surface area contributed by atoms with Gasteiger partial charge in [-0.05, 0) is 25.0 Å². The molecule has 0 saturated carbocycles. The molecule has 0 aliphatic rings. The molecule has 0 fully saturated rings. The maximum Gasteiger partial charge on any atom is 0.307 e. The minimum absolute atomic E-state index is 0.00677. The highest BCUT2D eigenvalue weighted by molar-refractivity contribution is 5.92. The zero-order valence-corrected chi connectivity index (χ0v) is 15.8. The largest absolute Gasteiger partial charge is 0.482 e. The fourth-order valence-electron chi connectivity index (χ4n) is 2.32. The van der Waals surface area contributed by atoms with E-state index in [0.29, 0.717) is 6.07 Å². The summed E-state index contributed by atoms with van der Waals surface area (Å²) in [6.07, 6.45) is 0.0366. The molecule has 9 heteroatoms.